The van der Waals surface area contributed by atoms with Gasteiger partial charge in [0.05, 0.1) is 18.9 Å². The Morgan fingerprint density at radius 2 is 2.17 bits per heavy atom. The van der Waals surface area contributed by atoms with Crippen LogP contribution in [0.25, 0.3) is 0 Å². The molecule has 0 aromatic heterocycles. The zero-order valence-electron chi connectivity index (χ0n) is 10.9. The molecule has 1 aliphatic rings. The van der Waals surface area contributed by atoms with Crippen molar-refractivity contribution in [1.29, 1.82) is 0 Å². The summed E-state index contributed by atoms with van der Waals surface area (Å²) in [7, 11) is 0. The van der Waals surface area contributed by atoms with Gasteiger partial charge in [-0.2, -0.15) is 0 Å². The quantitative estimate of drug-likeness (QED) is 0.639. The van der Waals surface area contributed by atoms with Gasteiger partial charge in [0.25, 0.3) is 0 Å². The maximum atomic E-state index is 8.94. The summed E-state index contributed by atoms with van der Waals surface area (Å²) in [5, 5.41) is 12.4. The number of oxime groups is 1. The molecule has 3 nitrogen and oxygen atoms in total. The Balaban J connectivity index is 1.77. The van der Waals surface area contributed by atoms with Crippen molar-refractivity contribution in [1.82, 2.24) is 0 Å². The maximum Gasteiger partial charge on any atom is 0.0717 e. The Bertz CT molecular complexity index is 389. The Morgan fingerprint density at radius 1 is 1.39 bits per heavy atom. The first-order chi connectivity index (χ1) is 8.81. The van der Waals surface area contributed by atoms with Gasteiger partial charge in [0.1, 0.15) is 0 Å². The summed E-state index contributed by atoms with van der Waals surface area (Å²) in [5.74, 6) is 0.813. The maximum absolute atomic E-state index is 8.94. The topological polar surface area (TPSA) is 41.8 Å². The fourth-order valence-electron chi connectivity index (χ4n) is 2.65. The molecule has 0 spiro atoms. The molecule has 0 aliphatic heterocycles. The number of nitrogens with zero attached hydrogens (tertiary/aromatic N) is 1. The highest BCUT2D eigenvalue weighted by Crippen LogP contribution is 2.29. The molecule has 18 heavy (non-hydrogen) atoms. The van der Waals surface area contributed by atoms with Gasteiger partial charge in [0.15, 0.2) is 0 Å². The van der Waals surface area contributed by atoms with Crippen molar-refractivity contribution in [2.45, 2.75) is 32.8 Å². The lowest BCUT2D eigenvalue weighted by molar-refractivity contribution is 0.0816. The SMILES string of the molecule is C[C@@H](COCc1ccccc1)[C@H]1CCC/C1=N\O. The molecule has 0 heterocycles. The van der Waals surface area contributed by atoms with Crippen LogP contribution in [0.2, 0.25) is 0 Å². The highest BCUT2D eigenvalue weighted by atomic mass is 16.5. The lowest BCUT2D eigenvalue weighted by Gasteiger charge is -2.19. The van der Waals surface area contributed by atoms with Crippen molar-refractivity contribution in [3.63, 3.8) is 0 Å². The summed E-state index contributed by atoms with van der Waals surface area (Å²) in [6.45, 7) is 3.55. The van der Waals surface area contributed by atoms with Gasteiger partial charge >= 0.3 is 0 Å². The molecule has 98 valence electrons. The summed E-state index contributed by atoms with van der Waals surface area (Å²) in [6.07, 6.45) is 3.19. The largest absolute Gasteiger partial charge is 0.411 e. The van der Waals surface area contributed by atoms with Crippen molar-refractivity contribution in [2.24, 2.45) is 17.0 Å². The van der Waals surface area contributed by atoms with Crippen LogP contribution in [0.5, 0.6) is 0 Å². The highest BCUT2D eigenvalue weighted by Gasteiger charge is 2.28. The van der Waals surface area contributed by atoms with E-state index in [4.69, 9.17) is 9.94 Å². The standard InChI is InChI=1S/C15H21NO2/c1-12(14-8-5-9-15(14)16-17)10-18-11-13-6-3-2-4-7-13/h2-4,6-7,12,14,17H,5,8-11H2,1H3/b16-15+/t12-,14+/m0/s1. The molecule has 0 radical (unpaired) electrons. The fourth-order valence-corrected chi connectivity index (χ4v) is 2.65. The lowest BCUT2D eigenvalue weighted by Crippen LogP contribution is -2.21. The smallest absolute Gasteiger partial charge is 0.0717 e. The van der Waals surface area contributed by atoms with Gasteiger partial charge in [0.2, 0.25) is 0 Å². The molecule has 1 saturated carbocycles. The van der Waals surface area contributed by atoms with Gasteiger partial charge in [-0.25, -0.2) is 0 Å². The van der Waals surface area contributed by atoms with Gasteiger partial charge in [0, 0.05) is 5.92 Å². The molecule has 0 unspecified atom stereocenters. The summed E-state index contributed by atoms with van der Waals surface area (Å²) in [4.78, 5) is 0. The van der Waals surface area contributed by atoms with E-state index in [1.54, 1.807) is 0 Å². The number of hydrogen-bond acceptors (Lipinski definition) is 3. The monoisotopic (exact) mass is 247 g/mol. The van der Waals surface area contributed by atoms with Crippen LogP contribution >= 0.6 is 0 Å². The highest BCUT2D eigenvalue weighted by molar-refractivity contribution is 5.88. The van der Waals surface area contributed by atoms with E-state index in [-0.39, 0.29) is 0 Å². The zero-order chi connectivity index (χ0) is 12.8. The van der Waals surface area contributed by atoms with Gasteiger partial charge in [-0.15, -0.1) is 0 Å². The third kappa shape index (κ3) is 3.33. The molecule has 0 bridgehead atoms. The normalized spacial score (nSPS) is 23.4. The molecule has 0 amide bonds. The second-order valence-electron chi connectivity index (χ2n) is 5.07. The van der Waals surface area contributed by atoms with Crippen LogP contribution in [0.15, 0.2) is 35.5 Å². The molecule has 1 aliphatic carbocycles. The van der Waals surface area contributed by atoms with E-state index in [2.05, 4.69) is 24.2 Å². The van der Waals surface area contributed by atoms with Crippen LogP contribution in [-0.2, 0) is 11.3 Å². The van der Waals surface area contributed by atoms with Gasteiger partial charge in [-0.3, -0.25) is 0 Å². The second kappa shape index (κ2) is 6.55. The minimum Gasteiger partial charge on any atom is -0.411 e. The average Bonchev–Trinajstić information content (AvgIpc) is 2.88. The molecule has 1 fully saturated rings. The minimum absolute atomic E-state index is 0.394. The number of rotatable bonds is 5. The Hall–Kier alpha value is -1.35. The van der Waals surface area contributed by atoms with Crippen molar-refractivity contribution >= 4 is 5.71 Å². The molecule has 1 N–H and O–H groups in total. The summed E-state index contributed by atoms with van der Waals surface area (Å²) < 4.78 is 5.75. The van der Waals surface area contributed by atoms with E-state index in [1.807, 2.05) is 18.2 Å². The van der Waals surface area contributed by atoms with E-state index in [1.165, 1.54) is 5.56 Å². The molecule has 0 saturated heterocycles. The van der Waals surface area contributed by atoms with Gasteiger partial charge in [-0.05, 0) is 30.7 Å². The van der Waals surface area contributed by atoms with Crippen LogP contribution in [0.3, 0.4) is 0 Å². The number of hydrogen-bond donors (Lipinski definition) is 1. The van der Waals surface area contributed by atoms with E-state index in [0.717, 1.165) is 31.6 Å². The first-order valence-electron chi connectivity index (χ1n) is 6.63. The molecule has 2 rings (SSSR count). The summed E-state index contributed by atoms with van der Waals surface area (Å²) in [6, 6.07) is 10.2. The molecule has 1 aromatic rings. The van der Waals surface area contributed by atoms with Crippen molar-refractivity contribution < 1.29 is 9.94 Å². The first kappa shape index (κ1) is 13.1. The number of benzene rings is 1. The van der Waals surface area contributed by atoms with Gasteiger partial charge in [-0.1, -0.05) is 42.4 Å². The predicted molar refractivity (Wildman–Crippen MR) is 71.8 cm³/mol. The number of ether oxygens (including phenoxy) is 1. The third-order valence-electron chi connectivity index (χ3n) is 3.68. The molecule has 3 heteroatoms. The third-order valence-corrected chi connectivity index (χ3v) is 3.68. The van der Waals surface area contributed by atoms with Crippen LogP contribution in [0.4, 0.5) is 0 Å². The Morgan fingerprint density at radius 3 is 2.89 bits per heavy atom. The predicted octanol–water partition coefficient (Wildman–Crippen LogP) is 3.47. The zero-order valence-corrected chi connectivity index (χ0v) is 10.9. The van der Waals surface area contributed by atoms with Crippen molar-refractivity contribution in [3.8, 4) is 0 Å². The van der Waals surface area contributed by atoms with E-state index in [0.29, 0.717) is 18.4 Å². The lowest BCUT2D eigenvalue weighted by atomic mass is 9.92. The van der Waals surface area contributed by atoms with E-state index >= 15 is 0 Å². The fraction of sp³-hybridized carbons (Fsp3) is 0.533. The van der Waals surface area contributed by atoms with E-state index < -0.39 is 0 Å². The summed E-state index contributed by atoms with van der Waals surface area (Å²) in [5.41, 5.74) is 2.15. The van der Waals surface area contributed by atoms with Crippen molar-refractivity contribution in [2.75, 3.05) is 6.61 Å². The van der Waals surface area contributed by atoms with Crippen LogP contribution in [0.1, 0.15) is 31.7 Å². The molecule has 1 aromatic carbocycles. The Kier molecular flexibility index (Phi) is 4.76. The molecule has 2 atom stereocenters. The minimum atomic E-state index is 0.394. The molecular formula is C15H21NO2. The van der Waals surface area contributed by atoms with E-state index in [9.17, 15) is 0 Å². The van der Waals surface area contributed by atoms with Crippen LogP contribution in [-0.4, -0.2) is 17.5 Å². The van der Waals surface area contributed by atoms with Crippen LogP contribution in [0, 0.1) is 11.8 Å². The summed E-state index contributed by atoms with van der Waals surface area (Å²) >= 11 is 0. The van der Waals surface area contributed by atoms with Gasteiger partial charge < -0.3 is 9.94 Å². The Labute approximate surface area is 108 Å². The van der Waals surface area contributed by atoms with Crippen LogP contribution < -0.4 is 0 Å². The first-order valence-corrected chi connectivity index (χ1v) is 6.63. The average molecular weight is 247 g/mol. The molecular weight excluding hydrogens is 226 g/mol. The van der Waals surface area contributed by atoms with Crippen molar-refractivity contribution in [3.05, 3.63) is 35.9 Å². The second-order valence-corrected chi connectivity index (χ2v) is 5.07.